The molecule has 216 valence electrons. The third-order valence-electron chi connectivity index (χ3n) is 11.7. The second-order valence-electron chi connectivity index (χ2n) is 14.0. The Hall–Kier alpha value is -2.11. The predicted molar refractivity (Wildman–Crippen MR) is 150 cm³/mol. The number of allylic oxidation sites excluding steroid dienone is 2. The molecule has 0 spiro atoms. The Morgan fingerprint density at radius 3 is 2.49 bits per heavy atom. The third-order valence-corrected chi connectivity index (χ3v) is 11.7. The molecule has 0 N–H and O–H groups in total. The Bertz CT molecular complexity index is 1080. The first-order valence-corrected chi connectivity index (χ1v) is 15.4. The molecule has 5 aliphatic rings. The fraction of sp³-hybridized carbons (Fsp3) is 0.788. The Morgan fingerprint density at radius 2 is 1.82 bits per heavy atom. The van der Waals surface area contributed by atoms with E-state index >= 15 is 0 Å². The van der Waals surface area contributed by atoms with Crippen LogP contribution in [0.15, 0.2) is 23.0 Å². The summed E-state index contributed by atoms with van der Waals surface area (Å²) in [5.41, 5.74) is 3.50. The normalized spacial score (nSPS) is 39.4. The second-order valence-corrected chi connectivity index (χ2v) is 14.0. The van der Waals surface area contributed by atoms with Gasteiger partial charge in [0.25, 0.3) is 0 Å². The van der Waals surface area contributed by atoms with Crippen molar-refractivity contribution in [2.75, 3.05) is 6.54 Å². The van der Waals surface area contributed by atoms with E-state index in [0.29, 0.717) is 30.2 Å². The van der Waals surface area contributed by atoms with Crippen molar-refractivity contribution in [2.24, 2.45) is 40.4 Å². The van der Waals surface area contributed by atoms with Gasteiger partial charge in [-0.15, -0.1) is 0 Å². The molecule has 0 aromatic rings. The Labute approximate surface area is 234 Å². The summed E-state index contributed by atoms with van der Waals surface area (Å²) < 4.78 is 12.4. The van der Waals surface area contributed by atoms with E-state index in [1.807, 2.05) is 0 Å². The summed E-state index contributed by atoms with van der Waals surface area (Å²) in [6.07, 6.45) is 12.5. The molecule has 3 saturated carbocycles. The Morgan fingerprint density at radius 1 is 1.10 bits per heavy atom. The minimum absolute atomic E-state index is 0.0494. The van der Waals surface area contributed by atoms with Crippen LogP contribution in [0.3, 0.4) is 0 Å². The van der Waals surface area contributed by atoms with Crippen molar-refractivity contribution in [1.82, 2.24) is 4.90 Å². The van der Waals surface area contributed by atoms with Crippen LogP contribution in [-0.4, -0.2) is 41.4 Å². The molecular formula is C33H49NO5. The highest BCUT2D eigenvalue weighted by atomic mass is 16.5. The topological polar surface area (TPSA) is 72.9 Å². The van der Waals surface area contributed by atoms with Crippen molar-refractivity contribution in [3.63, 3.8) is 0 Å². The first-order valence-electron chi connectivity index (χ1n) is 15.4. The zero-order chi connectivity index (χ0) is 28.3. The minimum atomic E-state index is -0.179. The number of hydrogen-bond donors (Lipinski definition) is 0. The smallest absolute Gasteiger partial charge is 0.302 e. The SMILES string of the molecule is CC(=O)O[C@@H]1CC[C@@]2(C)C(=CC[C@H]3[C@H]2CC[C@@]2(C)[C@H]3C[C@@H]3OC(CC[C@H](C)CN(C(C)=O)C(C)=O)=C(C)[C@@H]32)C1. The van der Waals surface area contributed by atoms with Crippen LogP contribution in [0.4, 0.5) is 0 Å². The summed E-state index contributed by atoms with van der Waals surface area (Å²) in [4.78, 5) is 36.6. The number of rotatable bonds is 6. The molecule has 0 aromatic carbocycles. The number of imide groups is 1. The van der Waals surface area contributed by atoms with Gasteiger partial charge < -0.3 is 9.47 Å². The van der Waals surface area contributed by atoms with Gasteiger partial charge in [0.1, 0.15) is 12.2 Å². The molecule has 0 unspecified atom stereocenters. The van der Waals surface area contributed by atoms with Crippen LogP contribution in [0.2, 0.25) is 0 Å². The van der Waals surface area contributed by atoms with Crippen LogP contribution < -0.4 is 0 Å². The number of fused-ring (bicyclic) bond motifs is 7. The number of hydrogen-bond acceptors (Lipinski definition) is 5. The van der Waals surface area contributed by atoms with Crippen LogP contribution >= 0.6 is 0 Å². The maximum atomic E-state index is 11.8. The maximum absolute atomic E-state index is 11.8. The van der Waals surface area contributed by atoms with Crippen molar-refractivity contribution in [2.45, 2.75) is 118 Å². The first-order chi connectivity index (χ1) is 18.3. The fourth-order valence-electron chi connectivity index (χ4n) is 9.81. The van der Waals surface area contributed by atoms with Gasteiger partial charge in [-0.25, -0.2) is 0 Å². The molecular weight excluding hydrogens is 490 g/mol. The van der Waals surface area contributed by atoms with Crippen LogP contribution in [-0.2, 0) is 23.9 Å². The molecule has 0 bridgehead atoms. The highest BCUT2D eigenvalue weighted by Crippen LogP contribution is 2.69. The summed E-state index contributed by atoms with van der Waals surface area (Å²) in [5, 5.41) is 0. The van der Waals surface area contributed by atoms with E-state index in [0.717, 1.165) is 50.7 Å². The monoisotopic (exact) mass is 539 g/mol. The van der Waals surface area contributed by atoms with Gasteiger partial charge in [0.2, 0.25) is 11.8 Å². The Kier molecular flexibility index (Phi) is 7.56. The van der Waals surface area contributed by atoms with Crippen molar-refractivity contribution >= 4 is 17.8 Å². The molecule has 2 amide bonds. The summed E-state index contributed by atoms with van der Waals surface area (Å²) >= 11 is 0. The average Bonchev–Trinajstić information content (AvgIpc) is 3.33. The molecule has 6 heteroatoms. The van der Waals surface area contributed by atoms with E-state index in [2.05, 4.69) is 33.8 Å². The van der Waals surface area contributed by atoms with E-state index < -0.39 is 0 Å². The molecule has 5 rings (SSSR count). The molecule has 9 atom stereocenters. The van der Waals surface area contributed by atoms with Crippen molar-refractivity contribution in [3.8, 4) is 0 Å². The number of esters is 1. The highest BCUT2D eigenvalue weighted by molar-refractivity contribution is 5.92. The highest BCUT2D eigenvalue weighted by Gasteiger charge is 2.63. The number of ether oxygens (including phenoxy) is 2. The van der Waals surface area contributed by atoms with Gasteiger partial charge in [0, 0.05) is 46.1 Å². The van der Waals surface area contributed by atoms with Crippen molar-refractivity contribution in [3.05, 3.63) is 23.0 Å². The van der Waals surface area contributed by atoms with E-state index in [9.17, 15) is 14.4 Å². The van der Waals surface area contributed by atoms with Gasteiger partial charge in [0.15, 0.2) is 0 Å². The maximum Gasteiger partial charge on any atom is 0.302 e. The third kappa shape index (κ3) is 4.88. The summed E-state index contributed by atoms with van der Waals surface area (Å²) in [6, 6.07) is 0. The average molecular weight is 540 g/mol. The molecule has 3 fully saturated rings. The van der Waals surface area contributed by atoms with Crippen molar-refractivity contribution in [1.29, 1.82) is 0 Å². The predicted octanol–water partition coefficient (Wildman–Crippen LogP) is 6.59. The van der Waals surface area contributed by atoms with Gasteiger partial charge in [-0.05, 0) is 91.9 Å². The van der Waals surface area contributed by atoms with Crippen LogP contribution in [0.5, 0.6) is 0 Å². The van der Waals surface area contributed by atoms with Gasteiger partial charge in [-0.1, -0.05) is 32.4 Å². The molecule has 39 heavy (non-hydrogen) atoms. The molecule has 1 heterocycles. The van der Waals surface area contributed by atoms with Crippen LogP contribution in [0.1, 0.15) is 106 Å². The number of carbonyl (C=O) groups excluding carboxylic acids is 3. The van der Waals surface area contributed by atoms with E-state index in [-0.39, 0.29) is 46.7 Å². The molecule has 0 radical (unpaired) electrons. The lowest BCUT2D eigenvalue weighted by molar-refractivity contribution is -0.149. The summed E-state index contributed by atoms with van der Waals surface area (Å²) in [7, 11) is 0. The zero-order valence-corrected chi connectivity index (χ0v) is 25.2. The van der Waals surface area contributed by atoms with Gasteiger partial charge in [-0.2, -0.15) is 0 Å². The number of carbonyl (C=O) groups is 3. The van der Waals surface area contributed by atoms with E-state index in [4.69, 9.17) is 9.47 Å². The fourth-order valence-corrected chi connectivity index (χ4v) is 9.81. The Balaban J connectivity index is 1.27. The molecule has 0 saturated heterocycles. The van der Waals surface area contributed by atoms with Gasteiger partial charge >= 0.3 is 5.97 Å². The molecule has 0 aromatic heterocycles. The molecule has 4 aliphatic carbocycles. The standard InChI is InChI=1S/C33H49NO5/c1-19(18-34(21(3)35)22(4)36)8-11-29-20(2)31-30(39-29)17-28-26-10-9-24-16-25(38-23(5)37)12-14-32(24,6)27(26)13-15-33(28,31)7/h9,19,25-28,30-31H,8,10-18H2,1-7H3/t19-,25+,26-,27+,28-,30-,31-,32-,33-/m0/s1. The van der Waals surface area contributed by atoms with Crippen LogP contribution in [0, 0.1) is 40.4 Å². The lowest BCUT2D eigenvalue weighted by atomic mass is 9.47. The largest absolute Gasteiger partial charge is 0.494 e. The summed E-state index contributed by atoms with van der Waals surface area (Å²) in [5.74, 6) is 3.48. The zero-order valence-electron chi connectivity index (χ0n) is 25.2. The first kappa shape index (κ1) is 28.4. The molecule has 6 nitrogen and oxygen atoms in total. The van der Waals surface area contributed by atoms with Crippen LogP contribution in [0.25, 0.3) is 0 Å². The summed E-state index contributed by atoms with van der Waals surface area (Å²) in [6.45, 7) is 14.4. The lowest BCUT2D eigenvalue weighted by Crippen LogP contribution is -2.50. The molecule has 1 aliphatic heterocycles. The van der Waals surface area contributed by atoms with Gasteiger partial charge in [-0.3, -0.25) is 19.3 Å². The lowest BCUT2D eigenvalue weighted by Gasteiger charge is -2.58. The minimum Gasteiger partial charge on any atom is -0.494 e. The van der Waals surface area contributed by atoms with Gasteiger partial charge in [0.05, 0.1) is 5.76 Å². The van der Waals surface area contributed by atoms with E-state index in [1.54, 1.807) is 5.57 Å². The van der Waals surface area contributed by atoms with Crippen molar-refractivity contribution < 1.29 is 23.9 Å². The number of nitrogens with zero attached hydrogens (tertiary/aromatic N) is 1. The quantitative estimate of drug-likeness (QED) is 0.281. The number of amides is 2. The van der Waals surface area contributed by atoms with E-state index in [1.165, 1.54) is 44.1 Å². The second kappa shape index (κ2) is 10.4.